The van der Waals surface area contributed by atoms with E-state index in [1.807, 2.05) is 35.0 Å². The summed E-state index contributed by atoms with van der Waals surface area (Å²) in [7, 11) is 0. The van der Waals surface area contributed by atoms with E-state index in [2.05, 4.69) is 26.2 Å². The first-order valence-electron chi connectivity index (χ1n) is 6.78. The molecule has 3 aromatic rings. The monoisotopic (exact) mass is 359 g/mol. The number of hydrogen-bond acceptors (Lipinski definition) is 3. The Kier molecular flexibility index (Phi) is 4.39. The highest BCUT2D eigenvalue weighted by Gasteiger charge is 2.09. The maximum atomic E-state index is 11.9. The molecule has 2 heterocycles. The summed E-state index contributed by atoms with van der Waals surface area (Å²) in [5, 5.41) is 2.82. The Morgan fingerprint density at radius 1 is 1.18 bits per heavy atom. The molecule has 0 unspecified atom stereocenters. The molecule has 22 heavy (non-hydrogen) atoms. The van der Waals surface area contributed by atoms with Gasteiger partial charge in [0, 0.05) is 25.5 Å². The van der Waals surface area contributed by atoms with Gasteiger partial charge in [-0.05, 0) is 39.2 Å². The Balaban J connectivity index is 1.56. The Hall–Kier alpha value is -2.34. The lowest BCUT2D eigenvalue weighted by Gasteiger charge is -2.06. The number of carbonyl (C=O) groups excluding carboxylic acids is 1. The Bertz CT molecular complexity index is 748. The topological polar surface area (TPSA) is 60.1 Å². The van der Waals surface area contributed by atoms with Crippen molar-refractivity contribution in [1.29, 1.82) is 0 Å². The molecule has 1 amide bonds. The normalized spacial score (nSPS) is 10.6. The third kappa shape index (κ3) is 3.65. The number of furan rings is 1. The second-order valence-electron chi connectivity index (χ2n) is 4.84. The molecule has 0 saturated carbocycles. The first kappa shape index (κ1) is 14.6. The van der Waals surface area contributed by atoms with E-state index in [0.29, 0.717) is 17.0 Å². The van der Waals surface area contributed by atoms with Gasteiger partial charge in [0.05, 0.1) is 6.33 Å². The largest absolute Gasteiger partial charge is 0.444 e. The number of nitrogens with one attached hydrogen (secondary N) is 1. The number of nitrogens with zero attached hydrogens (tertiary/aromatic N) is 2. The van der Waals surface area contributed by atoms with E-state index in [1.54, 1.807) is 24.7 Å². The molecule has 0 radical (unpaired) electrons. The summed E-state index contributed by atoms with van der Waals surface area (Å²) in [6.07, 6.45) is 5.47. The molecule has 0 fully saturated rings. The Morgan fingerprint density at radius 3 is 2.59 bits per heavy atom. The zero-order chi connectivity index (χ0) is 15.4. The Labute approximate surface area is 136 Å². The van der Waals surface area contributed by atoms with Gasteiger partial charge in [0.25, 0.3) is 5.91 Å². The zero-order valence-corrected chi connectivity index (χ0v) is 13.3. The van der Waals surface area contributed by atoms with Crippen LogP contribution in [0.2, 0.25) is 0 Å². The van der Waals surface area contributed by atoms with Crippen LogP contribution in [0.4, 0.5) is 0 Å². The number of carbonyl (C=O) groups is 1. The van der Waals surface area contributed by atoms with E-state index >= 15 is 0 Å². The lowest BCUT2D eigenvalue weighted by molar-refractivity contribution is 0.0922. The van der Waals surface area contributed by atoms with Crippen molar-refractivity contribution in [1.82, 2.24) is 14.9 Å². The number of rotatable bonds is 5. The number of aromatic nitrogens is 2. The van der Waals surface area contributed by atoms with Gasteiger partial charge in [-0.1, -0.05) is 24.3 Å². The molecule has 6 heteroatoms. The summed E-state index contributed by atoms with van der Waals surface area (Å²) in [4.78, 5) is 15.9. The van der Waals surface area contributed by atoms with E-state index in [9.17, 15) is 4.79 Å². The predicted octanol–water partition coefficient (Wildman–Crippen LogP) is 3.22. The molecule has 3 rings (SSSR count). The molecule has 0 spiro atoms. The minimum Gasteiger partial charge on any atom is -0.444 e. The Morgan fingerprint density at radius 2 is 1.95 bits per heavy atom. The van der Waals surface area contributed by atoms with Gasteiger partial charge in [-0.3, -0.25) is 4.79 Å². The standard InChI is InChI=1S/C16H14BrN3O2/c17-15-6-5-14(22-15)16(21)19-9-12-1-3-13(4-2-12)10-20-8-7-18-11-20/h1-8,11H,9-10H2,(H,19,21). The van der Waals surface area contributed by atoms with Crippen LogP contribution in [0, 0.1) is 0 Å². The zero-order valence-electron chi connectivity index (χ0n) is 11.7. The average molecular weight is 360 g/mol. The number of hydrogen-bond donors (Lipinski definition) is 1. The lowest BCUT2D eigenvalue weighted by Crippen LogP contribution is -2.22. The maximum absolute atomic E-state index is 11.9. The van der Waals surface area contributed by atoms with Crippen LogP contribution in [-0.4, -0.2) is 15.5 Å². The fourth-order valence-corrected chi connectivity index (χ4v) is 2.37. The minimum absolute atomic E-state index is 0.229. The van der Waals surface area contributed by atoms with Gasteiger partial charge in [0.2, 0.25) is 0 Å². The van der Waals surface area contributed by atoms with Crippen molar-refractivity contribution in [3.05, 3.63) is 76.7 Å². The van der Waals surface area contributed by atoms with E-state index in [0.717, 1.165) is 12.1 Å². The third-order valence-electron chi connectivity index (χ3n) is 3.20. The van der Waals surface area contributed by atoms with Crippen LogP contribution >= 0.6 is 15.9 Å². The number of halogens is 1. The van der Waals surface area contributed by atoms with Crippen LogP contribution in [0.25, 0.3) is 0 Å². The minimum atomic E-state index is -0.229. The number of imidazole rings is 1. The van der Waals surface area contributed by atoms with E-state index < -0.39 is 0 Å². The molecule has 0 bridgehead atoms. The van der Waals surface area contributed by atoms with E-state index in [1.165, 1.54) is 5.56 Å². The van der Waals surface area contributed by atoms with Gasteiger partial charge in [-0.25, -0.2) is 4.98 Å². The fraction of sp³-hybridized carbons (Fsp3) is 0.125. The molecule has 0 saturated heterocycles. The van der Waals surface area contributed by atoms with Crippen LogP contribution in [-0.2, 0) is 13.1 Å². The summed E-state index contributed by atoms with van der Waals surface area (Å²) >= 11 is 3.18. The summed E-state index contributed by atoms with van der Waals surface area (Å²) in [6, 6.07) is 11.4. The summed E-state index contributed by atoms with van der Waals surface area (Å²) in [5.41, 5.74) is 2.22. The highest BCUT2D eigenvalue weighted by atomic mass is 79.9. The quantitative estimate of drug-likeness (QED) is 0.760. The SMILES string of the molecule is O=C(NCc1ccc(Cn2ccnc2)cc1)c1ccc(Br)o1. The highest BCUT2D eigenvalue weighted by Crippen LogP contribution is 2.14. The molecule has 0 aliphatic carbocycles. The van der Waals surface area contributed by atoms with Crippen molar-refractivity contribution >= 4 is 21.8 Å². The van der Waals surface area contributed by atoms with E-state index in [-0.39, 0.29) is 5.91 Å². The number of amides is 1. The van der Waals surface area contributed by atoms with Gasteiger partial charge in [0.15, 0.2) is 10.4 Å². The molecular weight excluding hydrogens is 346 g/mol. The van der Waals surface area contributed by atoms with Crippen LogP contribution < -0.4 is 5.32 Å². The van der Waals surface area contributed by atoms with Crippen molar-refractivity contribution in [3.63, 3.8) is 0 Å². The molecule has 112 valence electrons. The van der Waals surface area contributed by atoms with Gasteiger partial charge in [0.1, 0.15) is 0 Å². The number of benzene rings is 1. The second kappa shape index (κ2) is 6.62. The predicted molar refractivity (Wildman–Crippen MR) is 85.3 cm³/mol. The smallest absolute Gasteiger partial charge is 0.287 e. The summed E-state index contributed by atoms with van der Waals surface area (Å²) < 4.78 is 7.76. The summed E-state index contributed by atoms with van der Waals surface area (Å²) in [5.74, 6) is 0.0665. The van der Waals surface area contributed by atoms with Gasteiger partial charge in [-0.15, -0.1) is 0 Å². The van der Waals surface area contributed by atoms with Crippen molar-refractivity contribution in [2.24, 2.45) is 0 Å². The van der Waals surface area contributed by atoms with Crippen LogP contribution in [0.1, 0.15) is 21.7 Å². The van der Waals surface area contributed by atoms with Gasteiger partial charge in [-0.2, -0.15) is 0 Å². The van der Waals surface area contributed by atoms with Crippen molar-refractivity contribution in [2.75, 3.05) is 0 Å². The first-order valence-corrected chi connectivity index (χ1v) is 7.57. The third-order valence-corrected chi connectivity index (χ3v) is 3.62. The van der Waals surface area contributed by atoms with Gasteiger partial charge < -0.3 is 14.3 Å². The molecule has 5 nitrogen and oxygen atoms in total. The molecule has 0 aliphatic heterocycles. The molecular formula is C16H14BrN3O2. The first-order chi connectivity index (χ1) is 10.7. The molecule has 1 N–H and O–H groups in total. The molecule has 0 atom stereocenters. The van der Waals surface area contributed by atoms with Crippen LogP contribution in [0.5, 0.6) is 0 Å². The highest BCUT2D eigenvalue weighted by molar-refractivity contribution is 9.10. The van der Waals surface area contributed by atoms with Crippen LogP contribution in [0.3, 0.4) is 0 Å². The summed E-state index contributed by atoms with van der Waals surface area (Å²) in [6.45, 7) is 1.25. The second-order valence-corrected chi connectivity index (χ2v) is 5.62. The lowest BCUT2D eigenvalue weighted by atomic mass is 10.1. The average Bonchev–Trinajstić information content (AvgIpc) is 3.18. The molecule has 2 aromatic heterocycles. The van der Waals surface area contributed by atoms with Crippen LogP contribution in [0.15, 0.2) is 64.2 Å². The maximum Gasteiger partial charge on any atom is 0.287 e. The molecule has 1 aromatic carbocycles. The van der Waals surface area contributed by atoms with Crippen molar-refractivity contribution in [3.8, 4) is 0 Å². The molecule has 0 aliphatic rings. The van der Waals surface area contributed by atoms with Crippen molar-refractivity contribution < 1.29 is 9.21 Å². The van der Waals surface area contributed by atoms with Gasteiger partial charge >= 0.3 is 0 Å². The van der Waals surface area contributed by atoms with E-state index in [4.69, 9.17) is 4.42 Å². The van der Waals surface area contributed by atoms with Crippen molar-refractivity contribution in [2.45, 2.75) is 13.1 Å². The fourth-order valence-electron chi connectivity index (χ4n) is 2.06.